The van der Waals surface area contributed by atoms with Crippen LogP contribution in [0.15, 0.2) is 39.6 Å². The monoisotopic (exact) mass is 315 g/mol. The number of ether oxygens (including phenoxy) is 1. The Kier molecular flexibility index (Phi) is 4.89. The zero-order valence-corrected chi connectivity index (χ0v) is 14.0. The van der Waals surface area contributed by atoms with Gasteiger partial charge in [-0.05, 0) is 49.3 Å². The van der Waals surface area contributed by atoms with Crippen LogP contribution in [0.4, 0.5) is 0 Å². The van der Waals surface area contributed by atoms with E-state index in [0.717, 1.165) is 35.8 Å². The van der Waals surface area contributed by atoms with Crippen LogP contribution < -0.4 is 10.3 Å². The molecule has 1 saturated carbocycles. The summed E-state index contributed by atoms with van der Waals surface area (Å²) < 4.78 is 12.5. The quantitative estimate of drug-likeness (QED) is 0.831. The number of hydrogen-bond acceptors (Lipinski definition) is 3. The third-order valence-electron chi connectivity index (χ3n) is 5.04. The molecule has 3 rings (SSSR count). The Labute approximate surface area is 137 Å². The molecule has 0 aliphatic heterocycles. The van der Waals surface area contributed by atoms with Gasteiger partial charge in [0.1, 0.15) is 11.5 Å². The molecule has 1 aromatic heterocycles. The molecule has 0 atom stereocenters. The maximum Gasteiger partial charge on any atom is 0.282 e. The molecule has 1 aliphatic carbocycles. The average molecular weight is 315 g/mol. The molecule has 2 aromatic rings. The summed E-state index contributed by atoms with van der Waals surface area (Å²) in [6.45, 7) is 2.73. The van der Waals surface area contributed by atoms with Gasteiger partial charge in [-0.15, -0.1) is 0 Å². The molecular weight excluding hydrogens is 290 g/mol. The van der Waals surface area contributed by atoms with E-state index in [1.165, 1.54) is 24.0 Å². The smallest absolute Gasteiger partial charge is 0.282 e. The second-order valence-electron chi connectivity index (χ2n) is 6.49. The summed E-state index contributed by atoms with van der Waals surface area (Å²) in [5.74, 6) is 2.92. The van der Waals surface area contributed by atoms with Crippen LogP contribution >= 0.6 is 0 Å². The Morgan fingerprint density at radius 2 is 1.87 bits per heavy atom. The molecule has 4 heteroatoms. The molecule has 0 N–H and O–H groups in total. The second kappa shape index (κ2) is 7.07. The lowest BCUT2D eigenvalue weighted by Gasteiger charge is -2.25. The molecule has 1 aliphatic rings. The first-order valence-electron chi connectivity index (χ1n) is 8.53. The lowest BCUT2D eigenvalue weighted by atomic mass is 9.80. The Hall–Kier alpha value is -1.97. The maximum absolute atomic E-state index is 12.2. The van der Waals surface area contributed by atoms with Crippen molar-refractivity contribution in [2.45, 2.75) is 51.5 Å². The fourth-order valence-electron chi connectivity index (χ4n) is 3.45. The van der Waals surface area contributed by atoms with Crippen molar-refractivity contribution >= 4 is 0 Å². The van der Waals surface area contributed by atoms with E-state index in [-0.39, 0.29) is 5.56 Å². The Bertz CT molecular complexity index is 675. The normalized spacial score (nSPS) is 21.3. The topological polar surface area (TPSA) is 44.4 Å². The summed E-state index contributed by atoms with van der Waals surface area (Å²) in [6.07, 6.45) is 6.01. The van der Waals surface area contributed by atoms with Crippen molar-refractivity contribution in [3.8, 4) is 5.75 Å². The minimum atomic E-state index is -0.0477. The van der Waals surface area contributed by atoms with E-state index in [9.17, 15) is 4.79 Å². The van der Waals surface area contributed by atoms with E-state index >= 15 is 0 Å². The highest BCUT2D eigenvalue weighted by molar-refractivity contribution is 5.27. The third-order valence-corrected chi connectivity index (χ3v) is 5.04. The summed E-state index contributed by atoms with van der Waals surface area (Å²) in [4.78, 5) is 12.2. The van der Waals surface area contributed by atoms with E-state index in [1.807, 2.05) is 24.3 Å². The first-order chi connectivity index (χ1) is 11.2. The van der Waals surface area contributed by atoms with Gasteiger partial charge in [-0.3, -0.25) is 4.79 Å². The number of nitrogens with zero attached hydrogens (tertiary/aromatic N) is 1. The minimum absolute atomic E-state index is 0.0477. The predicted molar refractivity (Wildman–Crippen MR) is 90.1 cm³/mol. The van der Waals surface area contributed by atoms with E-state index in [4.69, 9.17) is 9.26 Å². The molecule has 124 valence electrons. The molecule has 0 saturated heterocycles. The molecule has 1 aromatic carbocycles. The molecular formula is C19H25NO3. The molecule has 0 amide bonds. The predicted octanol–water partition coefficient (Wildman–Crippen LogP) is 4.18. The van der Waals surface area contributed by atoms with Gasteiger partial charge in [0.2, 0.25) is 0 Å². The first-order valence-corrected chi connectivity index (χ1v) is 8.53. The van der Waals surface area contributed by atoms with Gasteiger partial charge < -0.3 is 9.26 Å². The summed E-state index contributed by atoms with van der Waals surface area (Å²) in [7, 11) is 1.64. The largest absolute Gasteiger partial charge is 0.497 e. The van der Waals surface area contributed by atoms with Crippen molar-refractivity contribution < 1.29 is 9.26 Å². The number of rotatable bonds is 5. The molecule has 0 unspecified atom stereocenters. The zero-order valence-electron chi connectivity index (χ0n) is 14.0. The highest BCUT2D eigenvalue weighted by atomic mass is 16.5. The highest BCUT2D eigenvalue weighted by Gasteiger charge is 2.24. The Morgan fingerprint density at radius 3 is 2.48 bits per heavy atom. The number of methoxy groups -OCH3 is 1. The Balaban J connectivity index is 1.69. The number of hydrogen-bond donors (Lipinski definition) is 0. The fourth-order valence-corrected chi connectivity index (χ4v) is 3.45. The van der Waals surface area contributed by atoms with Crippen LogP contribution in [0, 0.1) is 5.92 Å². The second-order valence-corrected chi connectivity index (χ2v) is 6.49. The summed E-state index contributed by atoms with van der Waals surface area (Å²) in [5, 5.41) is 0. The van der Waals surface area contributed by atoms with Crippen molar-refractivity contribution in [3.63, 3.8) is 0 Å². The van der Waals surface area contributed by atoms with Crippen LogP contribution in [0.1, 0.15) is 56.3 Å². The number of benzene rings is 1. The molecule has 4 nitrogen and oxygen atoms in total. The van der Waals surface area contributed by atoms with Gasteiger partial charge in [-0.2, -0.15) is 4.74 Å². The minimum Gasteiger partial charge on any atom is -0.497 e. The summed E-state index contributed by atoms with van der Waals surface area (Å²) in [5.41, 5.74) is 0.983. The van der Waals surface area contributed by atoms with Crippen LogP contribution in [0.3, 0.4) is 0 Å². The van der Waals surface area contributed by atoms with Crippen LogP contribution in [0.5, 0.6) is 5.75 Å². The molecule has 0 spiro atoms. The molecule has 1 heterocycles. The molecule has 1 fully saturated rings. The number of aromatic nitrogens is 1. The maximum atomic E-state index is 12.2. The zero-order chi connectivity index (χ0) is 16.2. The summed E-state index contributed by atoms with van der Waals surface area (Å²) >= 11 is 0. The lowest BCUT2D eigenvalue weighted by molar-refractivity contribution is 0.220. The Morgan fingerprint density at radius 1 is 1.17 bits per heavy atom. The summed E-state index contributed by atoms with van der Waals surface area (Å²) in [6, 6.07) is 9.40. The van der Waals surface area contributed by atoms with Gasteiger partial charge in [-0.1, -0.05) is 25.5 Å². The van der Waals surface area contributed by atoms with Gasteiger partial charge in [0.25, 0.3) is 5.56 Å². The van der Waals surface area contributed by atoms with Crippen LogP contribution in [0.2, 0.25) is 0 Å². The van der Waals surface area contributed by atoms with E-state index in [1.54, 1.807) is 13.2 Å². The van der Waals surface area contributed by atoms with Crippen molar-refractivity contribution in [2.75, 3.05) is 7.11 Å². The van der Waals surface area contributed by atoms with Crippen molar-refractivity contribution in [2.24, 2.45) is 5.92 Å². The van der Waals surface area contributed by atoms with E-state index in [0.29, 0.717) is 12.5 Å². The van der Waals surface area contributed by atoms with Crippen molar-refractivity contribution in [3.05, 3.63) is 52.0 Å². The first kappa shape index (κ1) is 15.9. The van der Waals surface area contributed by atoms with Gasteiger partial charge in [0, 0.05) is 12.0 Å². The van der Waals surface area contributed by atoms with E-state index in [2.05, 4.69) is 6.92 Å². The average Bonchev–Trinajstić information content (AvgIpc) is 2.96. The van der Waals surface area contributed by atoms with Gasteiger partial charge in [-0.25, -0.2) is 0 Å². The van der Waals surface area contributed by atoms with Gasteiger partial charge in [0.15, 0.2) is 0 Å². The molecule has 0 radical (unpaired) electrons. The lowest BCUT2D eigenvalue weighted by Crippen LogP contribution is -2.13. The van der Waals surface area contributed by atoms with E-state index < -0.39 is 0 Å². The van der Waals surface area contributed by atoms with Crippen LogP contribution in [-0.2, 0) is 6.54 Å². The molecule has 0 bridgehead atoms. The standard InChI is InChI=1S/C19H25NO3/c1-3-14-4-8-16(9-5-14)18-12-19(21)20(23-18)13-15-6-10-17(22-2)11-7-15/h6-7,10-12,14,16H,3-5,8-9,13H2,1-2H3. The van der Waals surface area contributed by atoms with Crippen LogP contribution in [0.25, 0.3) is 0 Å². The highest BCUT2D eigenvalue weighted by Crippen LogP contribution is 2.36. The molecule has 23 heavy (non-hydrogen) atoms. The van der Waals surface area contributed by atoms with Crippen molar-refractivity contribution in [1.82, 2.24) is 4.74 Å². The fraction of sp³-hybridized carbons (Fsp3) is 0.526. The van der Waals surface area contributed by atoms with Gasteiger partial charge in [0.05, 0.1) is 13.7 Å². The SMILES string of the molecule is CCC1CCC(c2cc(=O)n(Cc3ccc(OC)cc3)o2)CC1. The third kappa shape index (κ3) is 3.69. The van der Waals surface area contributed by atoms with Gasteiger partial charge >= 0.3 is 0 Å². The van der Waals surface area contributed by atoms with Crippen LogP contribution in [-0.4, -0.2) is 11.8 Å². The van der Waals surface area contributed by atoms with Crippen molar-refractivity contribution in [1.29, 1.82) is 0 Å².